The highest BCUT2D eigenvalue weighted by Gasteiger charge is 2.25. The summed E-state index contributed by atoms with van der Waals surface area (Å²) in [6.45, 7) is 0. The number of aromatic nitrogens is 1. The summed E-state index contributed by atoms with van der Waals surface area (Å²) >= 11 is 0. The first-order valence-corrected chi connectivity index (χ1v) is 7.56. The number of nitrogens with zero attached hydrogens (tertiary/aromatic N) is 1. The molecule has 1 aromatic heterocycles. The molecule has 0 fully saturated rings. The number of ether oxygens (including phenoxy) is 1. The Hall–Kier alpha value is -3.27. The van der Waals surface area contributed by atoms with Crippen molar-refractivity contribution in [2.24, 2.45) is 0 Å². The van der Waals surface area contributed by atoms with Gasteiger partial charge in [-0.2, -0.15) is 0 Å². The van der Waals surface area contributed by atoms with Crippen molar-refractivity contribution in [1.29, 1.82) is 5.41 Å². The lowest BCUT2D eigenvalue weighted by Crippen LogP contribution is -2.20. The molecular formula is C20H16N2O2. The number of carbonyl (C=O) groups is 1. The van der Waals surface area contributed by atoms with Crippen molar-refractivity contribution in [2.75, 3.05) is 0 Å². The molecule has 0 radical (unpaired) electrons. The zero-order chi connectivity index (χ0) is 16.8. The van der Waals surface area contributed by atoms with E-state index in [1.165, 1.54) is 0 Å². The van der Waals surface area contributed by atoms with E-state index in [0.29, 0.717) is 16.8 Å². The van der Waals surface area contributed by atoms with Crippen LogP contribution < -0.4 is 0 Å². The molecule has 2 aromatic carbocycles. The Balaban J connectivity index is 1.91. The fraction of sp³-hybridized carbons (Fsp3) is 0.0500. The molecule has 0 amide bonds. The van der Waals surface area contributed by atoms with Gasteiger partial charge in [0.2, 0.25) is 11.7 Å². The molecule has 1 unspecified atom stereocenters. The summed E-state index contributed by atoms with van der Waals surface area (Å²) in [7, 11) is 0. The third-order valence-corrected chi connectivity index (χ3v) is 3.53. The van der Waals surface area contributed by atoms with Crippen molar-refractivity contribution in [2.45, 2.75) is 6.10 Å². The van der Waals surface area contributed by atoms with Crippen LogP contribution in [0.15, 0.2) is 85.1 Å². The SMILES string of the molecule is N=C(OC(C(=O)c1ccccc1)c1ccccc1)c1ccccn1. The lowest BCUT2D eigenvalue weighted by Gasteiger charge is -2.18. The molecule has 0 saturated carbocycles. The first kappa shape index (κ1) is 15.6. The maximum absolute atomic E-state index is 12.9. The maximum Gasteiger partial charge on any atom is 0.233 e. The van der Waals surface area contributed by atoms with E-state index in [4.69, 9.17) is 10.1 Å². The summed E-state index contributed by atoms with van der Waals surface area (Å²) < 4.78 is 5.71. The third-order valence-electron chi connectivity index (χ3n) is 3.53. The topological polar surface area (TPSA) is 63.0 Å². The van der Waals surface area contributed by atoms with Crippen LogP contribution in [0.3, 0.4) is 0 Å². The fourth-order valence-electron chi connectivity index (χ4n) is 2.33. The average molecular weight is 316 g/mol. The molecule has 0 saturated heterocycles. The summed E-state index contributed by atoms with van der Waals surface area (Å²) in [5.74, 6) is -0.323. The maximum atomic E-state index is 12.9. The molecule has 0 aliphatic heterocycles. The van der Waals surface area contributed by atoms with Crippen molar-refractivity contribution in [1.82, 2.24) is 4.98 Å². The van der Waals surface area contributed by atoms with Gasteiger partial charge in [-0.05, 0) is 12.1 Å². The van der Waals surface area contributed by atoms with Gasteiger partial charge in [0.1, 0.15) is 5.69 Å². The first-order valence-electron chi connectivity index (χ1n) is 7.56. The Labute approximate surface area is 140 Å². The van der Waals surface area contributed by atoms with Gasteiger partial charge in [0.25, 0.3) is 0 Å². The number of pyridine rings is 1. The van der Waals surface area contributed by atoms with E-state index in [9.17, 15) is 4.79 Å². The van der Waals surface area contributed by atoms with Crippen LogP contribution in [0.25, 0.3) is 0 Å². The van der Waals surface area contributed by atoms with Crippen molar-refractivity contribution in [3.05, 3.63) is 102 Å². The van der Waals surface area contributed by atoms with Gasteiger partial charge in [-0.25, -0.2) is 0 Å². The van der Waals surface area contributed by atoms with Gasteiger partial charge in [0.05, 0.1) is 0 Å². The van der Waals surface area contributed by atoms with Crippen LogP contribution in [0.4, 0.5) is 0 Å². The number of Topliss-reactive ketones (excluding diaryl/α,β-unsaturated/α-hetero) is 1. The molecule has 3 rings (SSSR count). The summed E-state index contributed by atoms with van der Waals surface area (Å²) in [6, 6.07) is 23.4. The zero-order valence-corrected chi connectivity index (χ0v) is 12.9. The van der Waals surface area contributed by atoms with E-state index in [0.717, 1.165) is 0 Å². The lowest BCUT2D eigenvalue weighted by atomic mass is 10.00. The third kappa shape index (κ3) is 3.55. The van der Waals surface area contributed by atoms with Gasteiger partial charge in [0.15, 0.2) is 6.10 Å². The molecule has 4 heteroatoms. The predicted molar refractivity (Wildman–Crippen MR) is 92.1 cm³/mol. The molecule has 1 heterocycles. The highest BCUT2D eigenvalue weighted by atomic mass is 16.5. The normalized spacial score (nSPS) is 11.5. The Morgan fingerprint density at radius 1 is 0.875 bits per heavy atom. The summed E-state index contributed by atoms with van der Waals surface area (Å²) in [5.41, 5.74) is 1.63. The van der Waals surface area contributed by atoms with Crippen molar-refractivity contribution in [3.8, 4) is 0 Å². The molecule has 3 aromatic rings. The molecule has 1 N–H and O–H groups in total. The van der Waals surface area contributed by atoms with E-state index in [2.05, 4.69) is 4.98 Å². The Kier molecular flexibility index (Phi) is 4.77. The molecule has 4 nitrogen and oxygen atoms in total. The molecule has 0 bridgehead atoms. The lowest BCUT2D eigenvalue weighted by molar-refractivity contribution is 0.0771. The first-order chi connectivity index (χ1) is 11.8. The van der Waals surface area contributed by atoms with E-state index >= 15 is 0 Å². The molecule has 0 spiro atoms. The van der Waals surface area contributed by atoms with Crippen molar-refractivity contribution < 1.29 is 9.53 Å². The fourth-order valence-corrected chi connectivity index (χ4v) is 2.33. The van der Waals surface area contributed by atoms with E-state index < -0.39 is 6.10 Å². The number of nitrogens with one attached hydrogen (secondary N) is 1. The van der Waals surface area contributed by atoms with Gasteiger partial charge >= 0.3 is 0 Å². The van der Waals surface area contributed by atoms with Crippen LogP contribution in [0.1, 0.15) is 27.7 Å². The van der Waals surface area contributed by atoms with Crippen molar-refractivity contribution >= 4 is 11.7 Å². The van der Waals surface area contributed by atoms with Gasteiger partial charge in [-0.15, -0.1) is 0 Å². The van der Waals surface area contributed by atoms with Crippen molar-refractivity contribution in [3.63, 3.8) is 0 Å². The summed E-state index contributed by atoms with van der Waals surface area (Å²) in [4.78, 5) is 17.0. The van der Waals surface area contributed by atoms with E-state index in [-0.39, 0.29) is 11.7 Å². The van der Waals surface area contributed by atoms with Gasteiger partial charge in [0, 0.05) is 17.3 Å². The highest BCUT2D eigenvalue weighted by Crippen LogP contribution is 2.23. The monoisotopic (exact) mass is 316 g/mol. The molecule has 0 aliphatic rings. The van der Waals surface area contributed by atoms with Crippen LogP contribution >= 0.6 is 0 Å². The van der Waals surface area contributed by atoms with E-state index in [1.807, 2.05) is 36.4 Å². The Morgan fingerprint density at radius 2 is 1.50 bits per heavy atom. The second-order valence-electron chi connectivity index (χ2n) is 5.18. The second kappa shape index (κ2) is 7.33. The number of hydrogen-bond acceptors (Lipinski definition) is 4. The minimum atomic E-state index is -0.886. The largest absolute Gasteiger partial charge is 0.460 e. The van der Waals surface area contributed by atoms with Crippen LogP contribution in [0.2, 0.25) is 0 Å². The quantitative estimate of drug-likeness (QED) is 0.439. The molecule has 118 valence electrons. The minimum absolute atomic E-state index is 0.131. The predicted octanol–water partition coefficient (Wildman–Crippen LogP) is 4.05. The van der Waals surface area contributed by atoms with Gasteiger partial charge in [-0.3, -0.25) is 15.2 Å². The molecular weight excluding hydrogens is 300 g/mol. The van der Waals surface area contributed by atoms with E-state index in [1.54, 1.807) is 48.7 Å². The molecule has 24 heavy (non-hydrogen) atoms. The van der Waals surface area contributed by atoms with Gasteiger partial charge < -0.3 is 4.74 Å². The zero-order valence-electron chi connectivity index (χ0n) is 12.9. The number of carbonyl (C=O) groups excluding carboxylic acids is 1. The van der Waals surface area contributed by atoms with Gasteiger partial charge in [-0.1, -0.05) is 66.7 Å². The highest BCUT2D eigenvalue weighted by molar-refractivity contribution is 6.02. The van der Waals surface area contributed by atoms with Crippen LogP contribution in [-0.2, 0) is 4.74 Å². The number of ketones is 1. The number of hydrogen-bond donors (Lipinski definition) is 1. The smallest absolute Gasteiger partial charge is 0.233 e. The Morgan fingerprint density at radius 3 is 2.12 bits per heavy atom. The number of benzene rings is 2. The van der Waals surface area contributed by atoms with Crippen LogP contribution in [0, 0.1) is 5.41 Å². The minimum Gasteiger partial charge on any atom is -0.460 e. The second-order valence-corrected chi connectivity index (χ2v) is 5.18. The standard InChI is InChI=1S/C20H16N2O2/c21-20(17-13-7-8-14-22-17)24-19(16-11-5-2-6-12-16)18(23)15-9-3-1-4-10-15/h1-14,19,21H. The average Bonchev–Trinajstić information content (AvgIpc) is 2.67. The summed E-state index contributed by atoms with van der Waals surface area (Å²) in [5, 5.41) is 8.13. The molecule has 0 aliphatic carbocycles. The number of rotatable bonds is 5. The van der Waals surface area contributed by atoms with Crippen LogP contribution in [0.5, 0.6) is 0 Å². The molecule has 1 atom stereocenters. The Bertz CT molecular complexity index is 818. The van der Waals surface area contributed by atoms with Crippen LogP contribution in [-0.4, -0.2) is 16.7 Å². The summed E-state index contributed by atoms with van der Waals surface area (Å²) in [6.07, 6.45) is 0.701.